The maximum Gasteiger partial charge on any atom is 0.432 e. The number of ether oxygens (including phenoxy) is 7. The topological polar surface area (TPSA) is 150 Å². The van der Waals surface area contributed by atoms with Gasteiger partial charge in [-0.15, -0.1) is 0 Å². The zero-order valence-electron chi connectivity index (χ0n) is 29.3. The van der Waals surface area contributed by atoms with E-state index < -0.39 is 101 Å². The largest absolute Gasteiger partial charge is 0.459 e. The summed E-state index contributed by atoms with van der Waals surface area (Å²) in [5, 5.41) is 0. The van der Waals surface area contributed by atoms with E-state index >= 15 is 0 Å². The molecular formula is C36H36F6O12. The lowest BCUT2D eigenvalue weighted by atomic mass is 9.92. The first-order valence-electron chi connectivity index (χ1n) is 16.0. The Morgan fingerprint density at radius 3 is 1.35 bits per heavy atom. The lowest BCUT2D eigenvalue weighted by Gasteiger charge is -2.34. The third-order valence-corrected chi connectivity index (χ3v) is 7.99. The van der Waals surface area contributed by atoms with Crippen LogP contribution in [0, 0.1) is 0 Å². The van der Waals surface area contributed by atoms with Gasteiger partial charge in [-0.2, -0.15) is 26.3 Å². The molecule has 12 nitrogen and oxygen atoms in total. The minimum atomic E-state index is -5.40. The van der Waals surface area contributed by atoms with Crippen molar-refractivity contribution in [3.05, 3.63) is 96.1 Å². The van der Waals surface area contributed by atoms with Crippen molar-refractivity contribution in [3.63, 3.8) is 0 Å². The van der Waals surface area contributed by atoms with Crippen LogP contribution < -0.4 is 0 Å². The molecule has 0 N–H and O–H groups in total. The van der Waals surface area contributed by atoms with Gasteiger partial charge in [0.25, 0.3) is 11.2 Å². The van der Waals surface area contributed by atoms with Gasteiger partial charge in [0.1, 0.15) is 18.3 Å². The number of benzene rings is 2. The number of cyclic esters (lactones) is 3. The van der Waals surface area contributed by atoms with E-state index in [1.807, 2.05) is 0 Å². The molecule has 54 heavy (non-hydrogen) atoms. The summed E-state index contributed by atoms with van der Waals surface area (Å²) < 4.78 is 123. The first-order chi connectivity index (χ1) is 25.2. The van der Waals surface area contributed by atoms with Crippen LogP contribution in [0.5, 0.6) is 0 Å². The number of hydrogen-bond acceptors (Lipinski definition) is 12. The highest BCUT2D eigenvalue weighted by molar-refractivity contribution is 5.86. The number of rotatable bonds is 8. The van der Waals surface area contributed by atoms with Crippen LogP contribution in [0.4, 0.5) is 26.3 Å². The molecule has 0 amide bonds. The van der Waals surface area contributed by atoms with E-state index in [0.717, 1.165) is 50.3 Å². The summed E-state index contributed by atoms with van der Waals surface area (Å²) in [6.45, 7) is 3.45. The average Bonchev–Trinajstić information content (AvgIpc) is 3.08. The Hall–Kier alpha value is -5.23. The maximum absolute atomic E-state index is 14.6. The molecule has 1 aliphatic rings. The molecule has 0 radical (unpaired) electrons. The standard InChI is InChI=1S/C36H36F6O12/c1-21-20-30(45)52-23(3)27(54-32(47)34(49-5,36(40,41)42)25-14-10-7-11-15-25)17-19-29(44)51-22(2)26(16-18-28(43)50-21)53-31(46)33(48-4,35(37,38)39)24-12-8-6-9-13-24/h6-19,21-23,26-27H,20H2,1-5H3/b18-16+,19-17+/t21-,22-,23-,26+,27+,33-,34-/m0/s1. The van der Waals surface area contributed by atoms with Crippen LogP contribution in [-0.4, -0.2) is 86.9 Å². The molecule has 0 spiro atoms. The normalized spacial score (nSPS) is 25.4. The molecule has 0 unspecified atom stereocenters. The zero-order chi connectivity index (χ0) is 40.5. The maximum atomic E-state index is 14.6. The fourth-order valence-electron chi connectivity index (χ4n) is 5.24. The number of carbonyl (C=O) groups is 5. The van der Waals surface area contributed by atoms with Gasteiger partial charge in [0, 0.05) is 37.5 Å². The summed E-state index contributed by atoms with van der Waals surface area (Å²) in [4.78, 5) is 65.0. The summed E-state index contributed by atoms with van der Waals surface area (Å²) in [7, 11) is 1.23. The first kappa shape index (κ1) is 43.2. The van der Waals surface area contributed by atoms with Crippen molar-refractivity contribution in [3.8, 4) is 0 Å². The van der Waals surface area contributed by atoms with Crippen LogP contribution in [0.2, 0.25) is 0 Å². The molecule has 1 aliphatic heterocycles. The fourth-order valence-corrected chi connectivity index (χ4v) is 5.24. The molecule has 2 aromatic rings. The first-order valence-corrected chi connectivity index (χ1v) is 16.0. The van der Waals surface area contributed by atoms with Gasteiger partial charge in [0.15, 0.2) is 12.2 Å². The van der Waals surface area contributed by atoms with Gasteiger partial charge in [-0.25, -0.2) is 19.2 Å². The molecule has 0 fully saturated rings. The predicted molar refractivity (Wildman–Crippen MR) is 172 cm³/mol. The van der Waals surface area contributed by atoms with Crippen molar-refractivity contribution in [1.29, 1.82) is 0 Å². The Morgan fingerprint density at radius 2 is 0.981 bits per heavy atom. The van der Waals surface area contributed by atoms with Gasteiger partial charge in [0.2, 0.25) is 0 Å². The van der Waals surface area contributed by atoms with E-state index in [4.69, 9.17) is 33.2 Å². The smallest absolute Gasteiger partial charge is 0.432 e. The number of hydrogen-bond donors (Lipinski definition) is 0. The molecule has 2 aromatic carbocycles. The quantitative estimate of drug-likeness (QED) is 0.194. The third-order valence-electron chi connectivity index (χ3n) is 7.99. The van der Waals surface area contributed by atoms with Crippen LogP contribution in [0.15, 0.2) is 85.0 Å². The third kappa shape index (κ3) is 9.65. The van der Waals surface area contributed by atoms with E-state index in [1.54, 1.807) is 0 Å². The second-order valence-electron chi connectivity index (χ2n) is 11.7. The predicted octanol–water partition coefficient (Wildman–Crippen LogP) is 5.33. The number of esters is 5. The number of methoxy groups -OCH3 is 2. The van der Waals surface area contributed by atoms with Crippen LogP contribution >= 0.6 is 0 Å². The molecule has 0 aromatic heterocycles. The van der Waals surface area contributed by atoms with Crippen molar-refractivity contribution in [1.82, 2.24) is 0 Å². The Kier molecular flexibility index (Phi) is 14.2. The molecule has 3 rings (SSSR count). The molecular weight excluding hydrogens is 738 g/mol. The van der Waals surface area contributed by atoms with Crippen molar-refractivity contribution in [2.75, 3.05) is 14.2 Å². The van der Waals surface area contributed by atoms with E-state index in [0.29, 0.717) is 26.4 Å². The lowest BCUT2D eigenvalue weighted by Crippen LogP contribution is -2.53. The molecule has 1 heterocycles. The molecule has 7 atom stereocenters. The van der Waals surface area contributed by atoms with Gasteiger partial charge in [-0.1, -0.05) is 60.7 Å². The Labute approximate surface area is 304 Å². The van der Waals surface area contributed by atoms with Gasteiger partial charge in [-0.05, 0) is 32.9 Å². The highest BCUT2D eigenvalue weighted by atomic mass is 19.4. The monoisotopic (exact) mass is 774 g/mol. The number of halogens is 6. The molecule has 0 saturated carbocycles. The SMILES string of the molecule is CO[C@](C(=O)O[C@@H]1/C=C/C(=O)O[C@@H](C)CC(=O)O[C@@H](C)[C@H](OC(=O)[C@@](OC)(c2ccccc2)C(F)(F)F)/C=C/C(=O)O[C@H]1C)(c1ccccc1)C(F)(F)F. The van der Waals surface area contributed by atoms with Crippen molar-refractivity contribution >= 4 is 29.8 Å². The summed E-state index contributed by atoms with van der Waals surface area (Å²) in [5.74, 6) is -7.64. The molecule has 0 bridgehead atoms. The fraction of sp³-hybridized carbons (Fsp3) is 0.417. The molecule has 294 valence electrons. The van der Waals surface area contributed by atoms with Crippen molar-refractivity contribution < 1.29 is 83.5 Å². The van der Waals surface area contributed by atoms with Crippen molar-refractivity contribution in [2.24, 2.45) is 0 Å². The second kappa shape index (κ2) is 17.7. The summed E-state index contributed by atoms with van der Waals surface area (Å²) in [6, 6.07) is 11.5. The van der Waals surface area contributed by atoms with Crippen molar-refractivity contribution in [2.45, 2.75) is 81.3 Å². The Morgan fingerprint density at radius 1 is 0.611 bits per heavy atom. The highest BCUT2D eigenvalue weighted by Gasteiger charge is 2.65. The molecule has 0 aliphatic carbocycles. The van der Waals surface area contributed by atoms with E-state index in [2.05, 4.69) is 0 Å². The van der Waals surface area contributed by atoms with E-state index in [1.165, 1.54) is 43.3 Å². The lowest BCUT2D eigenvalue weighted by molar-refractivity contribution is -0.279. The summed E-state index contributed by atoms with van der Waals surface area (Å²) in [6.07, 6.45) is -17.1. The van der Waals surface area contributed by atoms with Gasteiger partial charge in [0.05, 0.1) is 6.42 Å². The van der Waals surface area contributed by atoms with Crippen LogP contribution in [0.25, 0.3) is 0 Å². The van der Waals surface area contributed by atoms with Gasteiger partial charge >= 0.3 is 42.2 Å². The second-order valence-corrected chi connectivity index (χ2v) is 11.7. The Bertz CT molecular complexity index is 1690. The van der Waals surface area contributed by atoms with Gasteiger partial charge in [-0.3, -0.25) is 4.79 Å². The van der Waals surface area contributed by atoms with E-state index in [9.17, 15) is 50.3 Å². The minimum absolute atomic E-state index is 0.563. The van der Waals surface area contributed by atoms with Crippen LogP contribution in [0.1, 0.15) is 38.3 Å². The number of alkyl halides is 6. The highest BCUT2D eigenvalue weighted by Crippen LogP contribution is 2.44. The molecule has 18 heteroatoms. The zero-order valence-corrected chi connectivity index (χ0v) is 29.3. The summed E-state index contributed by atoms with van der Waals surface area (Å²) >= 11 is 0. The van der Waals surface area contributed by atoms with Gasteiger partial charge < -0.3 is 33.2 Å². The minimum Gasteiger partial charge on any atom is -0.459 e. The van der Waals surface area contributed by atoms with E-state index in [-0.39, 0.29) is 0 Å². The summed E-state index contributed by atoms with van der Waals surface area (Å²) in [5.41, 5.74) is -8.70. The number of carbonyl (C=O) groups excluding carboxylic acids is 5. The average molecular weight is 775 g/mol. The Balaban J connectivity index is 2.03. The van der Waals surface area contributed by atoms with Crippen LogP contribution in [-0.2, 0) is 68.3 Å². The molecule has 0 saturated heterocycles. The van der Waals surface area contributed by atoms with Crippen LogP contribution in [0.3, 0.4) is 0 Å².